The van der Waals surface area contributed by atoms with E-state index >= 15 is 0 Å². The van der Waals surface area contributed by atoms with E-state index in [0.29, 0.717) is 65.3 Å². The fourth-order valence-corrected chi connectivity index (χ4v) is 9.02. The van der Waals surface area contributed by atoms with Crippen molar-refractivity contribution in [1.82, 2.24) is 19.8 Å². The Morgan fingerprint density at radius 1 is 0.932 bits per heavy atom. The summed E-state index contributed by atoms with van der Waals surface area (Å²) in [6.45, 7) is -1.04. The van der Waals surface area contributed by atoms with Crippen LogP contribution in [0.15, 0.2) is 69.0 Å². The largest absolute Gasteiger partial charge is 0.468 e. The molecule has 1 saturated carbocycles. The van der Waals surface area contributed by atoms with Crippen LogP contribution in [0.2, 0.25) is 0 Å². The van der Waals surface area contributed by atoms with Gasteiger partial charge in [-0.2, -0.15) is 17.6 Å². The number of halogens is 4. The third-order valence-corrected chi connectivity index (χ3v) is 12.0. The molecule has 8 rings (SSSR count). The second kappa shape index (κ2) is 16.8. The lowest BCUT2D eigenvalue weighted by Gasteiger charge is -2.27. The molecule has 3 heterocycles. The smallest absolute Gasteiger partial charge is 0.387 e. The van der Waals surface area contributed by atoms with Gasteiger partial charge in [0, 0.05) is 59.4 Å². The molecule has 2 aliphatic carbocycles. The number of allylic oxidation sites excluding steroid dienone is 4. The molecule has 0 spiro atoms. The Balaban J connectivity index is 1.09. The number of aliphatic hydroxyl groups excluding tert-OH is 1. The topological polar surface area (TPSA) is 124 Å². The number of aromatic nitrogens is 2. The SMILES string of the molecule is COC(=O)[C@@H]1CCCN1Cc1cc2nc(C3=C(C)C(c4cccc(-c5nc6cc(CN(C)[C@@H]7CCC[C@@H]7O)c(OC(F)F)cc6o5)c4C)CC=C3)oc2cc1OC(F)F. The summed E-state index contributed by atoms with van der Waals surface area (Å²) < 4.78 is 81.6. The number of esters is 1. The highest BCUT2D eigenvalue weighted by Gasteiger charge is 2.33. The normalized spacial score (nSPS) is 21.3. The summed E-state index contributed by atoms with van der Waals surface area (Å²) in [5, 5.41) is 10.5. The maximum absolute atomic E-state index is 13.6. The van der Waals surface area contributed by atoms with Crippen LogP contribution in [0.4, 0.5) is 17.6 Å². The molecule has 1 aliphatic heterocycles. The molecule has 1 saturated heterocycles. The molecule has 1 unspecified atom stereocenters. The van der Waals surface area contributed by atoms with Crippen LogP contribution < -0.4 is 9.47 Å². The number of alkyl halides is 4. The lowest BCUT2D eigenvalue weighted by Crippen LogP contribution is -2.37. The number of nitrogens with zero attached hydrogens (tertiary/aromatic N) is 4. The zero-order valence-electron chi connectivity index (χ0n) is 33.2. The molecule has 4 atom stereocenters. The highest BCUT2D eigenvalue weighted by molar-refractivity contribution is 5.83. The molecule has 312 valence electrons. The summed E-state index contributed by atoms with van der Waals surface area (Å²) >= 11 is 0. The van der Waals surface area contributed by atoms with Crippen LogP contribution in [0.1, 0.15) is 79.5 Å². The molecule has 3 aliphatic rings. The van der Waals surface area contributed by atoms with Crippen LogP contribution in [0, 0.1) is 6.92 Å². The maximum Gasteiger partial charge on any atom is 0.387 e. The van der Waals surface area contributed by atoms with E-state index in [1.54, 1.807) is 12.1 Å². The Bertz CT molecular complexity index is 2430. The lowest BCUT2D eigenvalue weighted by atomic mass is 9.80. The van der Waals surface area contributed by atoms with Gasteiger partial charge in [0.25, 0.3) is 0 Å². The minimum atomic E-state index is -3.07. The van der Waals surface area contributed by atoms with Crippen molar-refractivity contribution < 1.29 is 50.5 Å². The van der Waals surface area contributed by atoms with Gasteiger partial charge in [0.2, 0.25) is 11.8 Å². The quantitative estimate of drug-likeness (QED) is 0.0904. The van der Waals surface area contributed by atoms with Crippen molar-refractivity contribution in [2.24, 2.45) is 0 Å². The minimum absolute atomic E-state index is 0.00530. The van der Waals surface area contributed by atoms with E-state index in [4.69, 9.17) is 33.0 Å². The fraction of sp³-hybridized carbons (Fsp3) is 0.432. The first-order chi connectivity index (χ1) is 28.4. The van der Waals surface area contributed by atoms with E-state index < -0.39 is 25.4 Å². The number of ether oxygens (including phenoxy) is 3. The molecule has 3 aromatic carbocycles. The van der Waals surface area contributed by atoms with Crippen molar-refractivity contribution in [2.45, 2.75) is 103 Å². The number of likely N-dealkylation sites (tertiary alicyclic amines) is 1. The molecule has 11 nitrogen and oxygen atoms in total. The van der Waals surface area contributed by atoms with Gasteiger partial charge in [-0.25, -0.2) is 9.97 Å². The maximum atomic E-state index is 13.6. The number of likely N-dealkylation sites (N-methyl/N-ethyl adjacent to an activating group) is 1. The third kappa shape index (κ3) is 8.20. The van der Waals surface area contributed by atoms with Gasteiger partial charge < -0.3 is 28.2 Å². The predicted octanol–water partition coefficient (Wildman–Crippen LogP) is 9.15. The zero-order valence-corrected chi connectivity index (χ0v) is 33.2. The predicted molar refractivity (Wildman–Crippen MR) is 211 cm³/mol. The fourth-order valence-electron chi connectivity index (χ4n) is 9.02. The molecule has 59 heavy (non-hydrogen) atoms. The summed E-state index contributed by atoms with van der Waals surface area (Å²) in [5.74, 6) is 0.137. The second-order valence-corrected chi connectivity index (χ2v) is 15.6. The van der Waals surface area contributed by atoms with E-state index in [0.717, 1.165) is 47.1 Å². The summed E-state index contributed by atoms with van der Waals surface area (Å²) in [4.78, 5) is 25.9. The van der Waals surface area contributed by atoms with E-state index in [2.05, 4.69) is 0 Å². The number of methoxy groups -OCH3 is 1. The zero-order chi connectivity index (χ0) is 41.5. The number of benzene rings is 3. The van der Waals surface area contributed by atoms with Gasteiger partial charge in [0.15, 0.2) is 11.2 Å². The van der Waals surface area contributed by atoms with Gasteiger partial charge in [-0.3, -0.25) is 14.6 Å². The number of aliphatic hydroxyl groups is 1. The lowest BCUT2D eigenvalue weighted by molar-refractivity contribution is -0.146. The minimum Gasteiger partial charge on any atom is -0.468 e. The molecule has 1 N–H and O–H groups in total. The molecule has 0 radical (unpaired) electrons. The Hall–Kier alpha value is -5.25. The van der Waals surface area contributed by atoms with Crippen LogP contribution in [-0.4, -0.2) is 83.0 Å². The van der Waals surface area contributed by atoms with E-state index in [1.165, 1.54) is 19.2 Å². The second-order valence-electron chi connectivity index (χ2n) is 15.6. The Labute approximate surface area is 338 Å². The number of rotatable bonds is 13. The van der Waals surface area contributed by atoms with Crippen LogP contribution in [0.3, 0.4) is 0 Å². The van der Waals surface area contributed by atoms with Crippen molar-refractivity contribution in [1.29, 1.82) is 0 Å². The van der Waals surface area contributed by atoms with E-state index in [1.807, 2.05) is 61.0 Å². The van der Waals surface area contributed by atoms with Crippen LogP contribution in [0.25, 0.3) is 39.2 Å². The van der Waals surface area contributed by atoms with Crippen molar-refractivity contribution in [3.63, 3.8) is 0 Å². The molecule has 2 fully saturated rings. The number of carbonyl (C=O) groups is 1. The van der Waals surface area contributed by atoms with Crippen LogP contribution >= 0.6 is 0 Å². The summed E-state index contributed by atoms with van der Waals surface area (Å²) in [5.41, 5.74) is 6.90. The average Bonchev–Trinajstić information content (AvgIpc) is 4.01. The number of oxazole rings is 2. The molecule has 5 aromatic rings. The van der Waals surface area contributed by atoms with Gasteiger partial charge in [-0.05, 0) is 95.3 Å². The molecule has 2 aromatic heterocycles. The van der Waals surface area contributed by atoms with E-state index in [9.17, 15) is 27.5 Å². The Morgan fingerprint density at radius 3 is 2.29 bits per heavy atom. The number of hydrogen-bond donors (Lipinski definition) is 1. The highest BCUT2D eigenvalue weighted by atomic mass is 19.3. The van der Waals surface area contributed by atoms with Gasteiger partial charge in [-0.15, -0.1) is 0 Å². The molecule has 0 amide bonds. The first kappa shape index (κ1) is 40.5. The Kier molecular flexibility index (Phi) is 11.5. The van der Waals surface area contributed by atoms with Crippen molar-refractivity contribution in [2.75, 3.05) is 20.7 Å². The molecule has 15 heteroatoms. The Morgan fingerprint density at radius 2 is 1.61 bits per heavy atom. The molecule has 0 bridgehead atoms. The molecular formula is C44H46F4N4O7. The molecular weight excluding hydrogens is 772 g/mol. The number of hydrogen-bond acceptors (Lipinski definition) is 11. The van der Waals surface area contributed by atoms with Crippen molar-refractivity contribution in [3.8, 4) is 23.0 Å². The van der Waals surface area contributed by atoms with Crippen molar-refractivity contribution in [3.05, 3.63) is 88.3 Å². The van der Waals surface area contributed by atoms with Gasteiger partial charge in [-0.1, -0.05) is 29.9 Å². The monoisotopic (exact) mass is 818 g/mol. The summed E-state index contributed by atoms with van der Waals surface area (Å²) in [6, 6.07) is 11.6. The highest BCUT2D eigenvalue weighted by Crippen LogP contribution is 2.43. The van der Waals surface area contributed by atoms with Gasteiger partial charge in [0.05, 0.1) is 13.2 Å². The van der Waals surface area contributed by atoms with Gasteiger partial charge in [0.1, 0.15) is 28.6 Å². The first-order valence-electron chi connectivity index (χ1n) is 19.8. The van der Waals surface area contributed by atoms with Crippen LogP contribution in [-0.2, 0) is 22.6 Å². The standard InChI is InChI=1S/C44H46F4N4O7/c1-23-27(9-5-11-29(23)40-49-31-17-25(21-51(3)33-13-7-15-35(33)53)36(58-43(45)46)19-38(31)56-40)28-10-6-12-30(24(28)2)41-50-32-18-26(37(59-44(47)48)20-39(32)57-41)22-52-16-8-14-34(52)42(54)55-4/h5-6,9,11-12,17-20,28,33-35,43-44,53H,7-8,10,13-16,21-22H2,1-4H3/t28?,33-,34+,35+/m1/s1. The van der Waals surface area contributed by atoms with Crippen LogP contribution in [0.5, 0.6) is 11.5 Å². The van der Waals surface area contributed by atoms with Crippen molar-refractivity contribution >= 4 is 33.7 Å². The van der Waals surface area contributed by atoms with E-state index in [-0.39, 0.29) is 48.1 Å². The third-order valence-electron chi connectivity index (χ3n) is 12.0. The summed E-state index contributed by atoms with van der Waals surface area (Å²) in [6.07, 6.45) is 7.98. The first-order valence-corrected chi connectivity index (χ1v) is 19.8. The average molecular weight is 819 g/mol. The number of carbonyl (C=O) groups excluding carboxylic acids is 1. The number of fused-ring (bicyclic) bond motifs is 2. The van der Waals surface area contributed by atoms with Gasteiger partial charge >= 0.3 is 19.2 Å². The summed E-state index contributed by atoms with van der Waals surface area (Å²) in [7, 11) is 3.20.